The van der Waals surface area contributed by atoms with E-state index < -0.39 is 12.6 Å². The molecule has 100 valence electrons. The molecule has 2 nitrogen and oxygen atoms in total. The Morgan fingerprint density at radius 1 is 1.44 bits per heavy atom. The van der Waals surface area contributed by atoms with Crippen LogP contribution in [0, 0.1) is 0 Å². The number of alkyl halides is 3. The zero-order valence-corrected chi connectivity index (χ0v) is 12.0. The minimum atomic E-state index is -4.15. The van der Waals surface area contributed by atoms with Crippen LogP contribution in [0.2, 0.25) is 0 Å². The number of hydrogen-bond donors (Lipinski definition) is 1. The van der Waals surface area contributed by atoms with Crippen molar-refractivity contribution in [1.82, 2.24) is 0 Å². The van der Waals surface area contributed by atoms with E-state index in [4.69, 9.17) is 18.0 Å². The highest BCUT2D eigenvalue weighted by Gasteiger charge is 2.27. The second-order valence-corrected chi connectivity index (χ2v) is 5.11. The molecule has 0 unspecified atom stereocenters. The van der Waals surface area contributed by atoms with Crippen molar-refractivity contribution in [1.29, 1.82) is 0 Å². The van der Waals surface area contributed by atoms with Gasteiger partial charge in [-0.25, -0.2) is 0 Å². The molecule has 7 heteroatoms. The number of anilines is 1. The van der Waals surface area contributed by atoms with Crippen LogP contribution in [0.3, 0.4) is 0 Å². The van der Waals surface area contributed by atoms with Gasteiger partial charge < -0.3 is 10.6 Å². The lowest BCUT2D eigenvalue weighted by atomic mass is 10.2. The highest BCUT2D eigenvalue weighted by Crippen LogP contribution is 2.25. The molecule has 1 aromatic carbocycles. The minimum absolute atomic E-state index is 0.0949. The number of benzene rings is 1. The van der Waals surface area contributed by atoms with Gasteiger partial charge in [0.15, 0.2) is 0 Å². The van der Waals surface area contributed by atoms with Crippen molar-refractivity contribution in [2.45, 2.75) is 12.6 Å². The lowest BCUT2D eigenvalue weighted by Gasteiger charge is -2.21. The van der Waals surface area contributed by atoms with Gasteiger partial charge in [0.2, 0.25) is 0 Å². The third-order valence-corrected chi connectivity index (χ3v) is 3.27. The second kappa shape index (κ2) is 5.88. The Morgan fingerprint density at radius 2 is 2.06 bits per heavy atom. The molecule has 1 rings (SSSR count). The SMILES string of the molecule is CN(CCC(F)(F)F)c1ccc(C(N)=S)c(Br)c1. The molecule has 0 aliphatic rings. The lowest BCUT2D eigenvalue weighted by molar-refractivity contribution is -0.132. The first kappa shape index (κ1) is 15.2. The summed E-state index contributed by atoms with van der Waals surface area (Å²) in [5.74, 6) is 0. The molecule has 0 aliphatic heterocycles. The fourth-order valence-electron chi connectivity index (χ4n) is 1.36. The van der Waals surface area contributed by atoms with Gasteiger partial charge in [0.25, 0.3) is 0 Å². The maximum atomic E-state index is 12.1. The van der Waals surface area contributed by atoms with Crippen molar-refractivity contribution in [3.05, 3.63) is 28.2 Å². The highest BCUT2D eigenvalue weighted by atomic mass is 79.9. The Balaban J connectivity index is 2.78. The molecule has 2 N–H and O–H groups in total. The maximum absolute atomic E-state index is 12.1. The van der Waals surface area contributed by atoms with Crippen molar-refractivity contribution >= 4 is 38.8 Å². The number of halogens is 4. The van der Waals surface area contributed by atoms with Gasteiger partial charge in [-0.1, -0.05) is 12.2 Å². The van der Waals surface area contributed by atoms with Crippen LogP contribution in [0.15, 0.2) is 22.7 Å². The van der Waals surface area contributed by atoms with Gasteiger partial charge in [0, 0.05) is 29.3 Å². The molecule has 0 aliphatic carbocycles. The first-order valence-electron chi connectivity index (χ1n) is 5.08. The summed E-state index contributed by atoms with van der Waals surface area (Å²) in [7, 11) is 1.61. The molecule has 0 aromatic heterocycles. The summed E-state index contributed by atoms with van der Waals surface area (Å²) in [6.07, 6.45) is -5.00. The number of hydrogen-bond acceptors (Lipinski definition) is 2. The molecule has 0 bridgehead atoms. The van der Waals surface area contributed by atoms with E-state index >= 15 is 0 Å². The molecule has 0 radical (unpaired) electrons. The zero-order valence-electron chi connectivity index (χ0n) is 9.59. The molecule has 18 heavy (non-hydrogen) atoms. The topological polar surface area (TPSA) is 29.3 Å². The molecule has 1 aromatic rings. The summed E-state index contributed by atoms with van der Waals surface area (Å²) in [5.41, 5.74) is 6.83. The smallest absolute Gasteiger partial charge is 0.389 e. The maximum Gasteiger partial charge on any atom is 0.390 e. The monoisotopic (exact) mass is 340 g/mol. The van der Waals surface area contributed by atoms with Crippen LogP contribution in [0.1, 0.15) is 12.0 Å². The van der Waals surface area contributed by atoms with E-state index in [9.17, 15) is 13.2 Å². The molecule has 0 saturated carbocycles. The molecule has 0 spiro atoms. The van der Waals surface area contributed by atoms with Crippen LogP contribution in [0.25, 0.3) is 0 Å². The van der Waals surface area contributed by atoms with Crippen molar-refractivity contribution in [3.8, 4) is 0 Å². The summed E-state index contributed by atoms with van der Waals surface area (Å²) >= 11 is 8.13. The lowest BCUT2D eigenvalue weighted by Crippen LogP contribution is -2.24. The Hall–Kier alpha value is -0.820. The standard InChI is InChI=1S/C11H12BrF3N2S/c1-17(5-4-11(13,14)15)7-2-3-8(10(16)18)9(12)6-7/h2-3,6H,4-5H2,1H3,(H2,16,18). The quantitative estimate of drug-likeness (QED) is 0.851. The normalized spacial score (nSPS) is 11.4. The van der Waals surface area contributed by atoms with Crippen molar-refractivity contribution < 1.29 is 13.2 Å². The number of nitrogens with zero attached hydrogens (tertiary/aromatic N) is 1. The highest BCUT2D eigenvalue weighted by molar-refractivity contribution is 9.10. The first-order chi connectivity index (χ1) is 8.20. The fraction of sp³-hybridized carbons (Fsp3) is 0.364. The minimum Gasteiger partial charge on any atom is -0.389 e. The van der Waals surface area contributed by atoms with Gasteiger partial charge in [-0.05, 0) is 34.1 Å². The first-order valence-corrected chi connectivity index (χ1v) is 6.28. The van der Waals surface area contributed by atoms with Gasteiger partial charge in [0.05, 0.1) is 6.42 Å². The third kappa shape index (κ3) is 4.45. The summed E-state index contributed by atoms with van der Waals surface area (Å²) < 4.78 is 37.0. The van der Waals surface area contributed by atoms with E-state index in [0.29, 0.717) is 15.7 Å². The fourth-order valence-corrected chi connectivity index (χ4v) is 2.25. The van der Waals surface area contributed by atoms with Gasteiger partial charge >= 0.3 is 6.18 Å². The van der Waals surface area contributed by atoms with Crippen molar-refractivity contribution in [3.63, 3.8) is 0 Å². The number of nitrogens with two attached hydrogens (primary N) is 1. The summed E-state index contributed by atoms with van der Waals surface area (Å²) in [5, 5.41) is 0. The average molecular weight is 341 g/mol. The van der Waals surface area contributed by atoms with Gasteiger partial charge in [-0.2, -0.15) is 13.2 Å². The van der Waals surface area contributed by atoms with Crippen molar-refractivity contribution in [2.75, 3.05) is 18.5 Å². The van der Waals surface area contributed by atoms with E-state index in [1.54, 1.807) is 25.2 Å². The summed E-state index contributed by atoms with van der Waals surface area (Å²) in [6, 6.07) is 5.08. The van der Waals surface area contributed by atoms with Crippen LogP contribution in [0.4, 0.5) is 18.9 Å². The van der Waals surface area contributed by atoms with E-state index in [-0.39, 0.29) is 11.5 Å². The Labute approximate surface area is 117 Å². The molecule has 0 fully saturated rings. The predicted molar refractivity (Wildman–Crippen MR) is 74.0 cm³/mol. The molecule has 0 atom stereocenters. The van der Waals surface area contributed by atoms with Crippen LogP contribution in [-0.4, -0.2) is 24.8 Å². The predicted octanol–water partition coefficient (Wildman–Crippen LogP) is 3.47. The Kier molecular flexibility index (Phi) is 4.98. The average Bonchev–Trinajstić information content (AvgIpc) is 2.24. The van der Waals surface area contributed by atoms with E-state index in [1.807, 2.05) is 0 Å². The molecule has 0 amide bonds. The summed E-state index contributed by atoms with van der Waals surface area (Å²) in [6.45, 7) is -0.0949. The molecule has 0 saturated heterocycles. The van der Waals surface area contributed by atoms with Gasteiger partial charge in [0.1, 0.15) is 4.99 Å². The van der Waals surface area contributed by atoms with Crippen LogP contribution >= 0.6 is 28.1 Å². The molecule has 0 heterocycles. The Bertz CT molecular complexity index is 448. The molecular weight excluding hydrogens is 329 g/mol. The third-order valence-electron chi connectivity index (χ3n) is 2.39. The number of rotatable bonds is 4. The van der Waals surface area contributed by atoms with Gasteiger partial charge in [-0.15, -0.1) is 0 Å². The number of thiocarbonyl (C=S) groups is 1. The van der Waals surface area contributed by atoms with Crippen molar-refractivity contribution in [2.24, 2.45) is 5.73 Å². The Morgan fingerprint density at radius 3 is 2.50 bits per heavy atom. The summed E-state index contributed by atoms with van der Waals surface area (Å²) in [4.78, 5) is 1.77. The van der Waals surface area contributed by atoms with E-state index in [0.717, 1.165) is 0 Å². The zero-order chi connectivity index (χ0) is 13.9. The van der Waals surface area contributed by atoms with Crippen LogP contribution in [0.5, 0.6) is 0 Å². The largest absolute Gasteiger partial charge is 0.390 e. The van der Waals surface area contributed by atoms with Crippen LogP contribution in [-0.2, 0) is 0 Å². The van der Waals surface area contributed by atoms with E-state index in [2.05, 4.69) is 15.9 Å². The van der Waals surface area contributed by atoms with E-state index in [1.165, 1.54) is 4.90 Å². The molecular formula is C11H12BrF3N2S. The van der Waals surface area contributed by atoms with Crippen LogP contribution < -0.4 is 10.6 Å². The van der Waals surface area contributed by atoms with Gasteiger partial charge in [-0.3, -0.25) is 0 Å². The second-order valence-electron chi connectivity index (χ2n) is 3.82.